The highest BCUT2D eigenvalue weighted by molar-refractivity contribution is 8.18. The molecule has 1 aliphatic carbocycles. The second kappa shape index (κ2) is 12.8. The molecular weight excluding hydrogens is 504 g/mol. The van der Waals surface area contributed by atoms with Crippen molar-refractivity contribution in [3.05, 3.63) is 80.8 Å². The van der Waals surface area contributed by atoms with Crippen LogP contribution >= 0.6 is 11.8 Å². The van der Waals surface area contributed by atoms with Crippen LogP contribution in [0.5, 0.6) is 11.5 Å². The van der Waals surface area contributed by atoms with Crippen LogP contribution in [0.1, 0.15) is 55.7 Å². The van der Waals surface area contributed by atoms with Crippen LogP contribution in [-0.4, -0.2) is 34.1 Å². The molecule has 0 N–H and O–H groups in total. The fraction of sp³-hybridized carbons (Fsp3) is 0.379. The van der Waals surface area contributed by atoms with E-state index in [1.165, 1.54) is 23.5 Å². The number of rotatable bonds is 11. The van der Waals surface area contributed by atoms with Crippen molar-refractivity contribution >= 4 is 34.7 Å². The molecule has 38 heavy (non-hydrogen) atoms. The monoisotopic (exact) mass is 536 g/mol. The van der Waals surface area contributed by atoms with E-state index in [-0.39, 0.29) is 23.4 Å². The molecule has 9 heteroatoms. The summed E-state index contributed by atoms with van der Waals surface area (Å²) in [5.74, 6) is 1.13. The number of nitrogens with zero attached hydrogens (tertiary/aromatic N) is 2. The maximum atomic E-state index is 13.1. The first-order valence-corrected chi connectivity index (χ1v) is 13.7. The lowest BCUT2D eigenvalue weighted by molar-refractivity contribution is -0.384. The number of nitro groups is 1. The van der Waals surface area contributed by atoms with Crippen molar-refractivity contribution in [3.8, 4) is 11.5 Å². The lowest BCUT2D eigenvalue weighted by Crippen LogP contribution is -2.34. The maximum absolute atomic E-state index is 13.1. The number of ether oxygens (including phenoxy) is 2. The lowest BCUT2D eigenvalue weighted by atomic mass is 9.89. The SMILES string of the molecule is C=CCc1cc(/C=C2/SC(=O)N(CC3CCCCC3)C2=O)cc(OCC)c1OCc1cccc([N+](=O)[O-])c1. The average molecular weight is 537 g/mol. The fourth-order valence-corrected chi connectivity index (χ4v) is 5.70. The lowest BCUT2D eigenvalue weighted by Gasteiger charge is -2.25. The molecule has 2 aromatic carbocycles. The first kappa shape index (κ1) is 27.4. The van der Waals surface area contributed by atoms with Gasteiger partial charge >= 0.3 is 0 Å². The van der Waals surface area contributed by atoms with E-state index in [0.29, 0.717) is 47.5 Å². The van der Waals surface area contributed by atoms with Crippen molar-refractivity contribution in [2.75, 3.05) is 13.2 Å². The predicted octanol–water partition coefficient (Wildman–Crippen LogP) is 6.92. The third-order valence-electron chi connectivity index (χ3n) is 6.66. The summed E-state index contributed by atoms with van der Waals surface area (Å²) in [7, 11) is 0. The van der Waals surface area contributed by atoms with Gasteiger partial charge in [0.15, 0.2) is 11.5 Å². The van der Waals surface area contributed by atoms with Crippen molar-refractivity contribution in [3.63, 3.8) is 0 Å². The Morgan fingerprint density at radius 3 is 2.66 bits per heavy atom. The zero-order chi connectivity index (χ0) is 27.1. The zero-order valence-corrected chi connectivity index (χ0v) is 22.3. The van der Waals surface area contributed by atoms with E-state index in [0.717, 1.165) is 48.6 Å². The maximum Gasteiger partial charge on any atom is 0.293 e. The number of non-ortho nitro benzene ring substituents is 1. The summed E-state index contributed by atoms with van der Waals surface area (Å²) >= 11 is 0.970. The van der Waals surface area contributed by atoms with Gasteiger partial charge in [-0.1, -0.05) is 37.5 Å². The molecule has 200 valence electrons. The second-order valence-corrected chi connectivity index (χ2v) is 10.4. The number of amides is 2. The molecule has 2 fully saturated rings. The summed E-state index contributed by atoms with van der Waals surface area (Å²) in [4.78, 5) is 38.2. The van der Waals surface area contributed by atoms with Gasteiger partial charge in [-0.05, 0) is 73.2 Å². The van der Waals surface area contributed by atoms with Crippen LogP contribution in [0.4, 0.5) is 10.5 Å². The van der Waals surface area contributed by atoms with Gasteiger partial charge in [0.05, 0.1) is 16.4 Å². The van der Waals surface area contributed by atoms with Crippen LogP contribution in [0.15, 0.2) is 54.0 Å². The van der Waals surface area contributed by atoms with Gasteiger partial charge in [-0.3, -0.25) is 24.6 Å². The molecule has 2 aromatic rings. The summed E-state index contributed by atoms with van der Waals surface area (Å²) in [5, 5.41) is 10.9. The number of hydrogen-bond acceptors (Lipinski definition) is 7. The first-order chi connectivity index (χ1) is 18.4. The molecule has 1 saturated heterocycles. The van der Waals surface area contributed by atoms with Crippen LogP contribution in [0.3, 0.4) is 0 Å². The van der Waals surface area contributed by atoms with E-state index in [9.17, 15) is 19.7 Å². The highest BCUT2D eigenvalue weighted by Gasteiger charge is 2.36. The van der Waals surface area contributed by atoms with Crippen molar-refractivity contribution < 1.29 is 24.0 Å². The fourth-order valence-electron chi connectivity index (χ4n) is 4.85. The molecule has 2 aliphatic rings. The Balaban J connectivity index is 1.58. The average Bonchev–Trinajstić information content (AvgIpc) is 3.16. The Morgan fingerprint density at radius 2 is 1.95 bits per heavy atom. The number of carbonyl (C=O) groups excluding carboxylic acids is 2. The molecule has 0 unspecified atom stereocenters. The van der Waals surface area contributed by atoms with E-state index in [1.807, 2.05) is 13.0 Å². The number of carbonyl (C=O) groups is 2. The summed E-state index contributed by atoms with van der Waals surface area (Å²) in [5.41, 5.74) is 2.16. The van der Waals surface area contributed by atoms with E-state index >= 15 is 0 Å². The number of hydrogen-bond donors (Lipinski definition) is 0. The normalized spacial score (nSPS) is 17.2. The molecule has 0 bridgehead atoms. The molecular formula is C29H32N2O6S. The third-order valence-corrected chi connectivity index (χ3v) is 7.57. The van der Waals surface area contributed by atoms with Gasteiger partial charge in [-0.25, -0.2) is 0 Å². The molecule has 1 heterocycles. The Bertz CT molecular complexity index is 1250. The highest BCUT2D eigenvalue weighted by Crippen LogP contribution is 2.38. The minimum absolute atomic E-state index is 0.00442. The molecule has 4 rings (SSSR count). The van der Waals surface area contributed by atoms with Crippen molar-refractivity contribution in [2.24, 2.45) is 5.92 Å². The van der Waals surface area contributed by atoms with Crippen molar-refractivity contribution in [1.29, 1.82) is 0 Å². The summed E-state index contributed by atoms with van der Waals surface area (Å²) in [6.45, 7) is 6.70. The summed E-state index contributed by atoms with van der Waals surface area (Å²) in [6.07, 6.45) is 9.59. The molecule has 0 radical (unpaired) electrons. The van der Waals surface area contributed by atoms with Gasteiger partial charge in [0, 0.05) is 24.2 Å². The van der Waals surface area contributed by atoms with Gasteiger partial charge in [0.1, 0.15) is 6.61 Å². The van der Waals surface area contributed by atoms with Crippen LogP contribution in [0.2, 0.25) is 0 Å². The smallest absolute Gasteiger partial charge is 0.293 e. The van der Waals surface area contributed by atoms with Crippen LogP contribution in [-0.2, 0) is 17.8 Å². The largest absolute Gasteiger partial charge is 0.490 e. The minimum atomic E-state index is -0.441. The Morgan fingerprint density at radius 1 is 1.16 bits per heavy atom. The number of imide groups is 1. The number of benzene rings is 2. The van der Waals surface area contributed by atoms with Gasteiger partial charge in [-0.15, -0.1) is 6.58 Å². The van der Waals surface area contributed by atoms with Gasteiger partial charge < -0.3 is 9.47 Å². The van der Waals surface area contributed by atoms with Crippen molar-refractivity contribution in [2.45, 2.75) is 52.1 Å². The van der Waals surface area contributed by atoms with E-state index in [4.69, 9.17) is 9.47 Å². The number of allylic oxidation sites excluding steroid dienone is 1. The van der Waals surface area contributed by atoms with E-state index < -0.39 is 4.92 Å². The van der Waals surface area contributed by atoms with Gasteiger partial charge in [0.2, 0.25) is 0 Å². The van der Waals surface area contributed by atoms with E-state index in [1.54, 1.807) is 30.4 Å². The Hall–Kier alpha value is -3.59. The predicted molar refractivity (Wildman–Crippen MR) is 148 cm³/mol. The zero-order valence-electron chi connectivity index (χ0n) is 21.5. The molecule has 0 aromatic heterocycles. The highest BCUT2D eigenvalue weighted by atomic mass is 32.2. The minimum Gasteiger partial charge on any atom is -0.490 e. The van der Waals surface area contributed by atoms with Gasteiger partial charge in [0.25, 0.3) is 16.8 Å². The molecule has 1 saturated carbocycles. The quantitative estimate of drug-likeness (QED) is 0.133. The third kappa shape index (κ3) is 6.64. The number of thioether (sulfide) groups is 1. The van der Waals surface area contributed by atoms with Crippen LogP contribution < -0.4 is 9.47 Å². The van der Waals surface area contributed by atoms with Crippen LogP contribution in [0, 0.1) is 16.0 Å². The molecule has 1 aliphatic heterocycles. The topological polar surface area (TPSA) is 99.0 Å². The molecule has 0 atom stereocenters. The van der Waals surface area contributed by atoms with Crippen molar-refractivity contribution in [1.82, 2.24) is 4.90 Å². The number of nitro benzene ring substituents is 1. The standard InChI is InChI=1S/C29H32N2O6S/c1-3-9-23-14-22(17-26-28(32)30(29(33)38-26)18-20-10-6-5-7-11-20)16-25(36-4-2)27(23)37-19-21-12-8-13-24(15-21)31(34)35/h3,8,12-17,20H,1,4-7,9-11,18-19H2,2H3/b26-17+. The summed E-state index contributed by atoms with van der Waals surface area (Å²) in [6, 6.07) is 9.97. The molecule has 2 amide bonds. The molecule has 0 spiro atoms. The Labute approximate surface area is 226 Å². The Kier molecular flexibility index (Phi) is 9.23. The van der Waals surface area contributed by atoms with Gasteiger partial charge in [-0.2, -0.15) is 0 Å². The summed E-state index contributed by atoms with van der Waals surface area (Å²) < 4.78 is 12.0. The second-order valence-electron chi connectivity index (χ2n) is 9.45. The molecule has 8 nitrogen and oxygen atoms in total. The first-order valence-electron chi connectivity index (χ1n) is 12.9. The van der Waals surface area contributed by atoms with Crippen LogP contribution in [0.25, 0.3) is 6.08 Å². The van der Waals surface area contributed by atoms with E-state index in [2.05, 4.69) is 6.58 Å².